The topological polar surface area (TPSA) is 158 Å². The largest absolute Gasteiger partial charge is 0.390 e. The van der Waals surface area contributed by atoms with Crippen molar-refractivity contribution in [1.82, 2.24) is 25.8 Å². The van der Waals surface area contributed by atoms with E-state index in [9.17, 15) is 27.9 Å². The second-order valence-corrected chi connectivity index (χ2v) is 18.2. The first-order chi connectivity index (χ1) is 22.9. The van der Waals surface area contributed by atoms with E-state index in [4.69, 9.17) is 0 Å². The van der Waals surface area contributed by atoms with Crippen molar-refractivity contribution >= 4 is 27.6 Å². The maximum Gasteiger partial charge on any atom is 0.253 e. The number of nitrogens with one attached hydrogen (secondary N) is 3. The standard InChI is InChI=1S/C37H55N5O6S/c1-24-17-18-27(21-38-24)33(44)40-32(37(5,6)49(7,47)48)35(46)39-29(19-25-13-9-8-10-14-25)31(43)23-42-22-28-16-12-11-15-26(28)20-30(42)34(45)41-36(2,3)4/h8-10,13-14,17-18,21,26,28-32,43H,11-12,15-16,19-20,22-23H2,1-7H3,(H,39,46)(H,40,44)(H,41,45)/t26-,28+,29?,30?,31?,32+/m0/s1. The van der Waals surface area contributed by atoms with Crippen LogP contribution in [0, 0.1) is 18.8 Å². The number of hydrogen-bond donors (Lipinski definition) is 4. The van der Waals surface area contributed by atoms with Gasteiger partial charge in [0.1, 0.15) is 6.04 Å². The molecule has 2 fully saturated rings. The Morgan fingerprint density at radius 2 is 1.63 bits per heavy atom. The molecule has 6 atom stereocenters. The lowest BCUT2D eigenvalue weighted by Crippen LogP contribution is -2.64. The number of nitrogens with zero attached hydrogens (tertiary/aromatic N) is 2. The van der Waals surface area contributed by atoms with Crippen molar-refractivity contribution in [2.75, 3.05) is 19.3 Å². The molecule has 4 rings (SSSR count). The first-order valence-corrected chi connectivity index (χ1v) is 19.3. The Labute approximate surface area is 291 Å². The van der Waals surface area contributed by atoms with Crippen LogP contribution in [0.3, 0.4) is 0 Å². The van der Waals surface area contributed by atoms with E-state index in [0.717, 1.165) is 37.5 Å². The third-order valence-corrected chi connectivity index (χ3v) is 12.3. The van der Waals surface area contributed by atoms with E-state index >= 15 is 0 Å². The first kappa shape index (κ1) is 38.5. The van der Waals surface area contributed by atoms with E-state index in [0.29, 0.717) is 30.5 Å². The Kier molecular flexibility index (Phi) is 12.3. The summed E-state index contributed by atoms with van der Waals surface area (Å²) in [7, 11) is -3.87. The number of aliphatic hydroxyl groups excluding tert-OH is 1. The molecule has 0 radical (unpaired) electrons. The fourth-order valence-corrected chi connectivity index (χ4v) is 7.59. The summed E-state index contributed by atoms with van der Waals surface area (Å²) in [6, 6.07) is 9.82. The minimum atomic E-state index is -3.87. The molecule has 0 spiro atoms. The number of piperidine rings is 1. The highest BCUT2D eigenvalue weighted by Crippen LogP contribution is 2.39. The second-order valence-electron chi connectivity index (χ2n) is 15.6. The number of aliphatic hydroxyl groups is 1. The number of likely N-dealkylation sites (tertiary alicyclic amines) is 1. The number of amides is 3. The van der Waals surface area contributed by atoms with Crippen molar-refractivity contribution in [3.05, 3.63) is 65.5 Å². The van der Waals surface area contributed by atoms with Gasteiger partial charge in [-0.15, -0.1) is 0 Å². The van der Waals surface area contributed by atoms with Crippen LogP contribution in [-0.2, 0) is 25.8 Å². The van der Waals surface area contributed by atoms with Gasteiger partial charge < -0.3 is 21.1 Å². The number of aryl methyl sites for hydroxylation is 1. The minimum absolute atomic E-state index is 0.0735. The Morgan fingerprint density at radius 1 is 0.980 bits per heavy atom. The minimum Gasteiger partial charge on any atom is -0.390 e. The molecule has 2 aliphatic rings. The van der Waals surface area contributed by atoms with Crippen LogP contribution in [0.5, 0.6) is 0 Å². The number of carbonyl (C=O) groups is 3. The maximum atomic E-state index is 14.2. The summed E-state index contributed by atoms with van der Waals surface area (Å²) < 4.78 is 24.3. The van der Waals surface area contributed by atoms with Crippen LogP contribution in [0.2, 0.25) is 0 Å². The zero-order chi connectivity index (χ0) is 36.1. The Hall–Kier alpha value is -3.35. The van der Waals surface area contributed by atoms with Gasteiger partial charge in [-0.2, -0.15) is 0 Å². The quantitative estimate of drug-likeness (QED) is 0.264. The molecule has 4 N–H and O–H groups in total. The number of sulfone groups is 1. The van der Waals surface area contributed by atoms with E-state index in [1.807, 2.05) is 51.1 Å². The number of rotatable bonds is 12. The molecule has 1 aromatic heterocycles. The van der Waals surface area contributed by atoms with Gasteiger partial charge in [-0.25, -0.2) is 8.42 Å². The van der Waals surface area contributed by atoms with Gasteiger partial charge in [0.2, 0.25) is 11.8 Å². The zero-order valence-electron chi connectivity index (χ0n) is 30.0. The predicted molar refractivity (Wildman–Crippen MR) is 191 cm³/mol. The smallest absolute Gasteiger partial charge is 0.253 e. The fraction of sp³-hybridized carbons (Fsp3) is 0.622. The molecule has 1 saturated heterocycles. The Morgan fingerprint density at radius 3 is 2.22 bits per heavy atom. The van der Waals surface area contributed by atoms with E-state index < -0.39 is 56.2 Å². The maximum absolute atomic E-state index is 14.2. The highest BCUT2D eigenvalue weighted by atomic mass is 32.2. The van der Waals surface area contributed by atoms with Crippen molar-refractivity contribution < 1.29 is 27.9 Å². The summed E-state index contributed by atoms with van der Waals surface area (Å²) in [5, 5.41) is 20.6. The highest BCUT2D eigenvalue weighted by molar-refractivity contribution is 7.92. The zero-order valence-corrected chi connectivity index (χ0v) is 30.8. The Balaban J connectivity index is 1.63. The van der Waals surface area contributed by atoms with Crippen molar-refractivity contribution in [2.24, 2.45) is 11.8 Å². The Bertz CT molecular complexity index is 1560. The normalized spacial score (nSPS) is 22.2. The third kappa shape index (κ3) is 10.1. The van der Waals surface area contributed by atoms with Crippen LogP contribution in [0.25, 0.3) is 0 Å². The number of fused-ring (bicyclic) bond motifs is 1. The molecule has 2 aromatic rings. The fourth-order valence-electron chi connectivity index (χ4n) is 7.00. The SMILES string of the molecule is Cc1ccc(C(=O)N[C@H](C(=O)NC(Cc2ccccc2)C(O)CN2C[C@H]3CCCC[C@H]3CC2C(=O)NC(C)(C)C)C(C)(C)S(C)(=O)=O)cn1. The number of carbonyl (C=O) groups excluding carboxylic acids is 3. The summed E-state index contributed by atoms with van der Waals surface area (Å²) in [5.41, 5.74) is 1.31. The van der Waals surface area contributed by atoms with Gasteiger partial charge in [-0.1, -0.05) is 49.6 Å². The van der Waals surface area contributed by atoms with E-state index in [-0.39, 0.29) is 24.4 Å². The summed E-state index contributed by atoms with van der Waals surface area (Å²) in [6.07, 6.45) is 6.71. The molecule has 1 aliphatic carbocycles. The molecule has 1 aliphatic heterocycles. The molecule has 49 heavy (non-hydrogen) atoms. The molecule has 3 unspecified atom stereocenters. The summed E-state index contributed by atoms with van der Waals surface area (Å²) in [4.78, 5) is 47.4. The van der Waals surface area contributed by atoms with Gasteiger partial charge in [-0.3, -0.25) is 24.3 Å². The summed E-state index contributed by atoms with van der Waals surface area (Å²) >= 11 is 0. The van der Waals surface area contributed by atoms with E-state index in [2.05, 4.69) is 25.8 Å². The van der Waals surface area contributed by atoms with Crippen LogP contribution >= 0.6 is 0 Å². The van der Waals surface area contributed by atoms with Gasteiger partial charge in [0.25, 0.3) is 5.91 Å². The number of β-amino-alcohol motifs (C(OH)–C–C–N with tert-alkyl or cyclic N) is 1. The first-order valence-electron chi connectivity index (χ1n) is 17.4. The molecule has 1 saturated carbocycles. The number of hydrogen-bond acceptors (Lipinski definition) is 8. The highest BCUT2D eigenvalue weighted by Gasteiger charge is 2.46. The van der Waals surface area contributed by atoms with Gasteiger partial charge in [0, 0.05) is 36.8 Å². The van der Waals surface area contributed by atoms with Crippen molar-refractivity contribution in [1.29, 1.82) is 0 Å². The van der Waals surface area contributed by atoms with Gasteiger partial charge in [-0.05, 0) is 90.3 Å². The van der Waals surface area contributed by atoms with E-state index in [1.165, 1.54) is 20.0 Å². The molecular weight excluding hydrogens is 643 g/mol. The lowest BCUT2D eigenvalue weighted by molar-refractivity contribution is -0.133. The molecule has 0 bridgehead atoms. The lowest BCUT2D eigenvalue weighted by atomic mass is 9.72. The van der Waals surface area contributed by atoms with Gasteiger partial charge in [0.15, 0.2) is 9.84 Å². The monoisotopic (exact) mass is 697 g/mol. The average molecular weight is 698 g/mol. The van der Waals surface area contributed by atoms with Crippen LogP contribution in [0.15, 0.2) is 48.7 Å². The van der Waals surface area contributed by atoms with E-state index in [1.54, 1.807) is 19.1 Å². The number of aromatic nitrogens is 1. The average Bonchev–Trinajstić information content (AvgIpc) is 3.02. The van der Waals surface area contributed by atoms with Crippen molar-refractivity contribution in [2.45, 2.75) is 115 Å². The van der Waals surface area contributed by atoms with Crippen LogP contribution in [-0.4, -0.2) is 95.0 Å². The third-order valence-electron chi connectivity index (χ3n) is 10.2. The van der Waals surface area contributed by atoms with Gasteiger partial charge in [0.05, 0.1) is 28.5 Å². The molecule has 2 heterocycles. The van der Waals surface area contributed by atoms with Crippen LogP contribution in [0.4, 0.5) is 0 Å². The van der Waals surface area contributed by atoms with Crippen LogP contribution in [0.1, 0.15) is 88.3 Å². The second kappa shape index (κ2) is 15.7. The molecule has 1 aromatic carbocycles. The van der Waals surface area contributed by atoms with Crippen molar-refractivity contribution in [3.63, 3.8) is 0 Å². The lowest BCUT2D eigenvalue weighted by Gasteiger charge is -2.47. The predicted octanol–water partition coefficient (Wildman–Crippen LogP) is 3.20. The summed E-state index contributed by atoms with van der Waals surface area (Å²) in [6.45, 7) is 11.2. The molecule has 3 amide bonds. The molecule has 11 nitrogen and oxygen atoms in total. The number of pyridine rings is 1. The molecular formula is C37H55N5O6S. The van der Waals surface area contributed by atoms with Crippen molar-refractivity contribution in [3.8, 4) is 0 Å². The van der Waals surface area contributed by atoms with Crippen LogP contribution < -0.4 is 16.0 Å². The molecule has 12 heteroatoms. The number of benzene rings is 1. The molecule has 270 valence electrons. The van der Waals surface area contributed by atoms with Gasteiger partial charge >= 0.3 is 0 Å². The summed E-state index contributed by atoms with van der Waals surface area (Å²) in [5.74, 6) is -0.586.